The van der Waals surface area contributed by atoms with Crippen molar-refractivity contribution in [2.24, 2.45) is 0 Å². The van der Waals surface area contributed by atoms with Crippen molar-refractivity contribution in [1.82, 2.24) is 5.32 Å². The fraction of sp³-hybridized carbons (Fsp3) is 0.231. The number of halogens is 1. The van der Waals surface area contributed by atoms with Crippen molar-refractivity contribution < 1.29 is 4.42 Å². The first-order valence-corrected chi connectivity index (χ1v) is 6.36. The highest BCUT2D eigenvalue weighted by Crippen LogP contribution is 2.14. The molecule has 0 saturated carbocycles. The molecule has 0 spiro atoms. The van der Waals surface area contributed by atoms with Crippen LogP contribution in [-0.2, 0) is 6.54 Å². The lowest BCUT2D eigenvalue weighted by Gasteiger charge is -2.12. The van der Waals surface area contributed by atoms with E-state index in [0.717, 1.165) is 16.1 Å². The van der Waals surface area contributed by atoms with Crippen molar-refractivity contribution in [3.63, 3.8) is 0 Å². The van der Waals surface area contributed by atoms with Gasteiger partial charge in [-0.2, -0.15) is 0 Å². The molecule has 1 unspecified atom stereocenters. The lowest BCUT2D eigenvalue weighted by molar-refractivity contribution is 0.445. The molecule has 2 nitrogen and oxygen atoms in total. The lowest BCUT2D eigenvalue weighted by atomic mass is 10.1. The molecular weight excluding hydrogens is 313 g/mol. The van der Waals surface area contributed by atoms with Gasteiger partial charge in [-0.1, -0.05) is 30.3 Å². The zero-order chi connectivity index (χ0) is 11.4. The molecule has 0 aliphatic heterocycles. The van der Waals surface area contributed by atoms with Crippen LogP contribution in [0.4, 0.5) is 0 Å². The van der Waals surface area contributed by atoms with Gasteiger partial charge in [-0.05, 0) is 47.2 Å². The summed E-state index contributed by atoms with van der Waals surface area (Å²) in [7, 11) is 0. The Hall–Kier alpha value is -0.810. The molecule has 0 bridgehead atoms. The van der Waals surface area contributed by atoms with Crippen molar-refractivity contribution in [3.8, 4) is 0 Å². The van der Waals surface area contributed by atoms with Gasteiger partial charge in [-0.25, -0.2) is 0 Å². The third-order valence-electron chi connectivity index (χ3n) is 2.51. The third-order valence-corrected chi connectivity index (χ3v) is 3.09. The Kier molecular flexibility index (Phi) is 4.01. The number of hydrogen-bond donors (Lipinski definition) is 1. The molecule has 1 atom stereocenters. The van der Waals surface area contributed by atoms with Crippen LogP contribution in [-0.4, -0.2) is 0 Å². The molecule has 1 N–H and O–H groups in total. The van der Waals surface area contributed by atoms with Crippen molar-refractivity contribution in [2.45, 2.75) is 19.5 Å². The van der Waals surface area contributed by atoms with E-state index < -0.39 is 0 Å². The Morgan fingerprint density at radius 1 is 1.19 bits per heavy atom. The molecule has 3 heteroatoms. The number of nitrogens with one attached hydrogen (secondary N) is 1. The third kappa shape index (κ3) is 3.09. The summed E-state index contributed by atoms with van der Waals surface area (Å²) in [6.45, 7) is 2.92. The highest BCUT2D eigenvalue weighted by Gasteiger charge is 2.05. The molecule has 2 aromatic rings. The van der Waals surface area contributed by atoms with E-state index in [1.165, 1.54) is 5.56 Å². The number of benzene rings is 1. The molecule has 0 aliphatic rings. The van der Waals surface area contributed by atoms with Gasteiger partial charge in [0.25, 0.3) is 0 Å². The van der Waals surface area contributed by atoms with Gasteiger partial charge in [0.15, 0.2) is 3.77 Å². The zero-order valence-electron chi connectivity index (χ0n) is 9.11. The van der Waals surface area contributed by atoms with Crippen LogP contribution in [0.5, 0.6) is 0 Å². The summed E-state index contributed by atoms with van der Waals surface area (Å²) < 4.78 is 6.43. The van der Waals surface area contributed by atoms with Gasteiger partial charge in [0.2, 0.25) is 0 Å². The Labute approximate surface area is 109 Å². The van der Waals surface area contributed by atoms with Crippen LogP contribution in [0.1, 0.15) is 24.3 Å². The average molecular weight is 327 g/mol. The summed E-state index contributed by atoms with van der Waals surface area (Å²) in [5, 5.41) is 3.43. The van der Waals surface area contributed by atoms with Gasteiger partial charge in [0.05, 0.1) is 6.54 Å². The monoisotopic (exact) mass is 327 g/mol. The molecule has 0 amide bonds. The van der Waals surface area contributed by atoms with Gasteiger partial charge >= 0.3 is 0 Å². The summed E-state index contributed by atoms with van der Waals surface area (Å²) in [6.07, 6.45) is 0. The summed E-state index contributed by atoms with van der Waals surface area (Å²) in [5.74, 6) is 0.979. The normalized spacial score (nSPS) is 12.6. The van der Waals surface area contributed by atoms with E-state index in [2.05, 4.69) is 59.1 Å². The zero-order valence-corrected chi connectivity index (χ0v) is 11.3. The largest absolute Gasteiger partial charge is 0.454 e. The fourth-order valence-corrected chi connectivity index (χ4v) is 2.02. The topological polar surface area (TPSA) is 25.2 Å². The Morgan fingerprint density at radius 3 is 2.56 bits per heavy atom. The number of rotatable bonds is 4. The first kappa shape index (κ1) is 11.7. The minimum absolute atomic E-state index is 0.337. The van der Waals surface area contributed by atoms with Gasteiger partial charge in [0.1, 0.15) is 5.76 Å². The Bertz CT molecular complexity index is 438. The molecule has 0 aliphatic carbocycles. The fourth-order valence-electron chi connectivity index (χ4n) is 1.56. The molecule has 0 saturated heterocycles. The van der Waals surface area contributed by atoms with Crippen LogP contribution in [0.2, 0.25) is 0 Å². The van der Waals surface area contributed by atoms with E-state index in [1.54, 1.807) is 0 Å². The summed E-state index contributed by atoms with van der Waals surface area (Å²) >= 11 is 2.17. The van der Waals surface area contributed by atoms with Crippen molar-refractivity contribution in [1.29, 1.82) is 0 Å². The van der Waals surface area contributed by atoms with E-state index in [4.69, 9.17) is 4.42 Å². The molecule has 2 rings (SSSR count). The first-order chi connectivity index (χ1) is 7.75. The molecule has 84 valence electrons. The highest BCUT2D eigenvalue weighted by atomic mass is 127. The van der Waals surface area contributed by atoms with Crippen LogP contribution in [0, 0.1) is 3.77 Å². The Morgan fingerprint density at radius 2 is 1.94 bits per heavy atom. The van der Waals surface area contributed by atoms with Crippen LogP contribution in [0.15, 0.2) is 46.9 Å². The maximum Gasteiger partial charge on any atom is 0.164 e. The van der Waals surface area contributed by atoms with Gasteiger partial charge in [-0.3, -0.25) is 0 Å². The Balaban J connectivity index is 1.91. The van der Waals surface area contributed by atoms with Crippen LogP contribution >= 0.6 is 22.6 Å². The maximum absolute atomic E-state index is 5.49. The highest BCUT2D eigenvalue weighted by molar-refractivity contribution is 14.1. The summed E-state index contributed by atoms with van der Waals surface area (Å²) in [6, 6.07) is 14.7. The second-order valence-corrected chi connectivity index (χ2v) is 4.78. The smallest absolute Gasteiger partial charge is 0.164 e. The van der Waals surface area contributed by atoms with Crippen molar-refractivity contribution in [2.75, 3.05) is 0 Å². The lowest BCUT2D eigenvalue weighted by Crippen LogP contribution is -2.17. The van der Waals surface area contributed by atoms with Gasteiger partial charge < -0.3 is 9.73 Å². The van der Waals surface area contributed by atoms with Crippen LogP contribution in [0.25, 0.3) is 0 Å². The SMILES string of the molecule is CC(NCc1ccc(I)o1)c1ccccc1. The number of hydrogen-bond acceptors (Lipinski definition) is 2. The van der Waals surface area contributed by atoms with Gasteiger partial charge in [-0.15, -0.1) is 0 Å². The summed E-state index contributed by atoms with van der Waals surface area (Å²) in [5.41, 5.74) is 1.30. The van der Waals surface area contributed by atoms with E-state index >= 15 is 0 Å². The molecular formula is C13H14INO. The van der Waals surface area contributed by atoms with Crippen molar-refractivity contribution in [3.05, 3.63) is 57.6 Å². The maximum atomic E-state index is 5.49. The minimum Gasteiger partial charge on any atom is -0.454 e. The molecule has 1 aromatic carbocycles. The van der Waals surface area contributed by atoms with Crippen molar-refractivity contribution >= 4 is 22.6 Å². The van der Waals surface area contributed by atoms with Gasteiger partial charge in [0, 0.05) is 6.04 Å². The number of furan rings is 1. The molecule has 0 fully saturated rings. The predicted molar refractivity (Wildman–Crippen MR) is 73.1 cm³/mol. The average Bonchev–Trinajstić information content (AvgIpc) is 2.73. The molecule has 1 aromatic heterocycles. The predicted octanol–water partition coefficient (Wildman–Crippen LogP) is 3.74. The molecule has 16 heavy (non-hydrogen) atoms. The minimum atomic E-state index is 0.337. The second-order valence-electron chi connectivity index (χ2n) is 3.72. The summed E-state index contributed by atoms with van der Waals surface area (Å²) in [4.78, 5) is 0. The quantitative estimate of drug-likeness (QED) is 0.866. The van der Waals surface area contributed by atoms with E-state index in [1.807, 2.05) is 18.2 Å². The standard InChI is InChI=1S/C13H14INO/c1-10(11-5-3-2-4-6-11)15-9-12-7-8-13(14)16-12/h2-8,10,15H,9H2,1H3. The second kappa shape index (κ2) is 5.50. The van der Waals surface area contributed by atoms with E-state index in [9.17, 15) is 0 Å². The van der Waals surface area contributed by atoms with E-state index in [0.29, 0.717) is 6.04 Å². The van der Waals surface area contributed by atoms with Crippen LogP contribution in [0.3, 0.4) is 0 Å². The van der Waals surface area contributed by atoms with Crippen LogP contribution < -0.4 is 5.32 Å². The molecule has 0 radical (unpaired) electrons. The molecule has 1 heterocycles. The van der Waals surface area contributed by atoms with E-state index in [-0.39, 0.29) is 0 Å². The first-order valence-electron chi connectivity index (χ1n) is 5.28.